The number of nitro groups is 1. The van der Waals surface area contributed by atoms with E-state index in [2.05, 4.69) is 64.4 Å². The first-order valence-corrected chi connectivity index (χ1v) is 40.6. The second-order valence-corrected chi connectivity index (χ2v) is 34.3. The summed E-state index contributed by atoms with van der Waals surface area (Å²) in [6.45, 7) is 20.2. The Morgan fingerprint density at radius 1 is 0.852 bits per heavy atom. The summed E-state index contributed by atoms with van der Waals surface area (Å²) in [5, 5.41) is 33.6. The molecule has 0 unspecified atom stereocenters. The molecule has 7 heterocycles. The van der Waals surface area contributed by atoms with Crippen LogP contribution in [0.4, 0.5) is 28.4 Å². The smallest absolute Gasteiger partial charge is 0.293 e. The molecular weight excluding hydrogens is 1430 g/mol. The number of aromatic amines is 1. The maximum absolute atomic E-state index is 14.6. The molecule has 0 bridgehead atoms. The van der Waals surface area contributed by atoms with Gasteiger partial charge in [0.2, 0.25) is 29.5 Å². The second kappa shape index (κ2) is 33.1. The molecule has 3 saturated heterocycles. The van der Waals surface area contributed by atoms with Crippen molar-refractivity contribution in [2.24, 2.45) is 10.8 Å². The summed E-state index contributed by atoms with van der Waals surface area (Å²) in [6, 6.07) is 27.0. The minimum atomic E-state index is -4.60. The number of hydrogen-bond donors (Lipinski definition) is 6. The Morgan fingerprint density at radius 2 is 1.57 bits per heavy atom. The first-order valence-electron chi connectivity index (χ1n) is 37.9. The number of sulfonamides is 1. The van der Waals surface area contributed by atoms with Crippen molar-refractivity contribution in [3.8, 4) is 16.3 Å². The van der Waals surface area contributed by atoms with Crippen molar-refractivity contribution in [2.75, 3.05) is 100 Å². The Labute approximate surface area is 640 Å². The van der Waals surface area contributed by atoms with Crippen LogP contribution in [0.15, 0.2) is 119 Å². The van der Waals surface area contributed by atoms with E-state index in [0.717, 1.165) is 123 Å². The molecule has 6 N–H and O–H groups in total. The van der Waals surface area contributed by atoms with Crippen molar-refractivity contribution in [3.05, 3.63) is 152 Å². The number of hydrogen-bond acceptors (Lipinski definition) is 19. The lowest BCUT2D eigenvalue weighted by Crippen LogP contribution is -2.57. The molecule has 108 heavy (non-hydrogen) atoms. The summed E-state index contributed by atoms with van der Waals surface area (Å²) in [5.74, 6) is -1.40. The summed E-state index contributed by atoms with van der Waals surface area (Å²) in [5.41, 5.74) is 10.4. The Morgan fingerprint density at radius 3 is 2.28 bits per heavy atom. The standard InChI is InChI=1S/C80H99ClN14O11S2/c1-51(53-14-16-55(17-15-53)72-52(2)83-50-107-72)84-76(100)68-44-61(96)48-94(68)78(101)73(79(3,4)5)86-70(97)12-9-7-8-10-13-71(98)92-39-35-90(36-40-92)49-80(6)30-28-57(64(46-80)54-18-20-58(81)21-19-54)47-89-33-37-91(38-34-89)60-24-26-63(66(43-60)93-32-11-41-106-77-69(93)42-56-29-31-82-74(56)87-77)75(99)88-108(104,105)62-25-27-65(85-59-22-23-59)67(45-62)95(102)103/h14-21,24-27,29,31,42-43,45,50-51,59,61,68,73,85,96H,7-13,22-23,28,30,32-41,44,46-49H2,1-6H3,(H,82,87)(H,84,100)(H,86,97)(H,88,99)/t51-,61+,68-,73+,80+/m0/s1. The summed E-state index contributed by atoms with van der Waals surface area (Å²) < 4.78 is 36.5. The number of rotatable bonds is 26. The summed E-state index contributed by atoms with van der Waals surface area (Å²) >= 11 is 8.08. The number of amides is 5. The molecule has 4 aliphatic heterocycles. The van der Waals surface area contributed by atoms with Crippen molar-refractivity contribution >= 4 is 108 Å². The summed E-state index contributed by atoms with van der Waals surface area (Å²) in [4.78, 5) is 107. The van der Waals surface area contributed by atoms with Crippen LogP contribution in [0.1, 0.15) is 151 Å². The number of nitrogens with one attached hydrogen (secondary N) is 5. The molecule has 4 fully saturated rings. The highest BCUT2D eigenvalue weighted by atomic mass is 35.5. The number of unbranched alkanes of at least 4 members (excludes halogenated alkanes) is 3. The third-order valence-corrected chi connectivity index (χ3v) is 24.6. The fourth-order valence-corrected chi connectivity index (χ4v) is 17.7. The number of thiazole rings is 1. The van der Waals surface area contributed by atoms with Gasteiger partial charge in [-0.2, -0.15) is 4.98 Å². The number of β-amino-alcohol motifs (C(OH)–C–C–N with tert-alkyl or cyclic N) is 1. The van der Waals surface area contributed by atoms with Gasteiger partial charge >= 0.3 is 0 Å². The molecule has 0 spiro atoms. The third kappa shape index (κ3) is 18.3. The number of H-pyrrole nitrogens is 1. The molecule has 2 aliphatic carbocycles. The molecule has 6 aliphatic rings. The third-order valence-electron chi connectivity index (χ3n) is 22.0. The number of carbonyl (C=O) groups excluding carboxylic acids is 5. The van der Waals surface area contributed by atoms with E-state index < -0.39 is 60.9 Å². The first-order chi connectivity index (χ1) is 51.7. The second-order valence-electron chi connectivity index (χ2n) is 31.4. The predicted molar refractivity (Wildman–Crippen MR) is 420 cm³/mol. The van der Waals surface area contributed by atoms with Gasteiger partial charge in [0.15, 0.2) is 0 Å². The van der Waals surface area contributed by atoms with Crippen LogP contribution in [0.5, 0.6) is 5.88 Å². The average Bonchev–Trinajstić information content (AvgIpc) is 1.23. The zero-order chi connectivity index (χ0) is 76.2. The SMILES string of the molecule is Cc1ncsc1-c1ccc([C@H](C)NC(=O)[C@@H]2C[C@@H](O)CN2C(=O)[C@@H](NC(=O)CCCCCCC(=O)N2CCN(C[C@]3(C)CCC(CN4CCN(c5ccc(C(=O)NS(=O)(=O)c6ccc(NC7CC7)c([N+](=O)[O-])c6)c(N6CCCOc7nc8[nH]ccc8cc76)c5)CC4)=C(c4ccc(Cl)cc4)C3)CC2)C(C)(C)C)cc1. The number of benzene rings is 4. The highest BCUT2D eigenvalue weighted by Gasteiger charge is 2.45. The Kier molecular flexibility index (Phi) is 23.6. The van der Waals surface area contributed by atoms with Crippen molar-refractivity contribution in [2.45, 2.75) is 160 Å². The largest absolute Gasteiger partial charge is 0.476 e. The number of ether oxygens (including phenoxy) is 1. The lowest BCUT2D eigenvalue weighted by Gasteiger charge is -2.44. The van der Waals surface area contributed by atoms with Crippen LogP contribution in [-0.4, -0.2) is 192 Å². The number of halogens is 1. The number of pyridine rings is 1. The maximum Gasteiger partial charge on any atom is 0.293 e. The maximum atomic E-state index is 14.6. The Balaban J connectivity index is 0.582. The highest BCUT2D eigenvalue weighted by molar-refractivity contribution is 7.90. The summed E-state index contributed by atoms with van der Waals surface area (Å²) in [6.07, 6.45) is 9.61. The predicted octanol–water partition coefficient (Wildman–Crippen LogP) is 11.8. The van der Waals surface area contributed by atoms with Crippen LogP contribution in [0, 0.1) is 27.9 Å². The van der Waals surface area contributed by atoms with Gasteiger partial charge in [0.05, 0.1) is 55.9 Å². The van der Waals surface area contributed by atoms with E-state index in [4.69, 9.17) is 21.3 Å². The lowest BCUT2D eigenvalue weighted by atomic mass is 9.70. The van der Waals surface area contributed by atoms with E-state index in [0.29, 0.717) is 92.9 Å². The number of nitrogens with zero attached hydrogens (tertiary/aromatic N) is 9. The van der Waals surface area contributed by atoms with Crippen LogP contribution < -0.4 is 35.2 Å². The van der Waals surface area contributed by atoms with Gasteiger partial charge in [0.25, 0.3) is 21.6 Å². The van der Waals surface area contributed by atoms with Crippen LogP contribution in [0.25, 0.3) is 27.0 Å². The van der Waals surface area contributed by atoms with Gasteiger partial charge in [-0.1, -0.05) is 94.1 Å². The lowest BCUT2D eigenvalue weighted by molar-refractivity contribution is -0.384. The minimum absolute atomic E-state index is 0.0109. The van der Waals surface area contributed by atoms with E-state index in [9.17, 15) is 47.6 Å². The van der Waals surface area contributed by atoms with E-state index >= 15 is 0 Å². The number of allylic oxidation sites excluding steroid dienone is 1. The quantitative estimate of drug-likeness (QED) is 0.0167. The van der Waals surface area contributed by atoms with E-state index in [-0.39, 0.29) is 65.9 Å². The van der Waals surface area contributed by atoms with Crippen molar-refractivity contribution < 1.29 is 47.2 Å². The number of aliphatic hydroxyl groups is 1. The topological polar surface area (TPSA) is 301 Å². The average molecular weight is 1530 g/mol. The van der Waals surface area contributed by atoms with Crippen molar-refractivity contribution in [1.29, 1.82) is 0 Å². The van der Waals surface area contributed by atoms with Gasteiger partial charge in [-0.25, -0.2) is 18.1 Å². The molecule has 5 atom stereocenters. The molecule has 5 amide bonds. The normalized spacial score (nSPS) is 20.2. The molecule has 28 heteroatoms. The van der Waals surface area contributed by atoms with Gasteiger partial charge in [0.1, 0.15) is 29.1 Å². The van der Waals surface area contributed by atoms with Gasteiger partial charge in [0, 0.05) is 132 Å². The van der Waals surface area contributed by atoms with E-state index in [1.54, 1.807) is 23.6 Å². The van der Waals surface area contributed by atoms with Gasteiger partial charge in [-0.05, 0) is 153 Å². The molecular formula is C80H99ClN14O11S2. The molecule has 0 radical (unpaired) electrons. The van der Waals surface area contributed by atoms with E-state index in [1.165, 1.54) is 33.7 Å². The van der Waals surface area contributed by atoms with Crippen LogP contribution in [0.3, 0.4) is 0 Å². The van der Waals surface area contributed by atoms with Gasteiger partial charge in [-0.15, -0.1) is 11.3 Å². The van der Waals surface area contributed by atoms with Crippen molar-refractivity contribution in [1.82, 2.24) is 49.9 Å². The number of aryl methyl sites for hydroxylation is 1. The number of aliphatic hydroxyl groups excluding tert-OH is 1. The fourth-order valence-electron chi connectivity index (χ4n) is 15.7. The van der Waals surface area contributed by atoms with Crippen LogP contribution in [0.2, 0.25) is 5.02 Å². The molecule has 4 aromatic carbocycles. The van der Waals surface area contributed by atoms with E-state index in [1.807, 2.05) is 111 Å². The summed E-state index contributed by atoms with van der Waals surface area (Å²) in [7, 11) is -4.60. The Hall–Kier alpha value is -8.99. The molecule has 13 rings (SSSR count). The fraction of sp³-hybridized carbons (Fsp3) is 0.487. The highest BCUT2D eigenvalue weighted by Crippen LogP contribution is 2.46. The monoisotopic (exact) mass is 1530 g/mol. The number of likely N-dealkylation sites (tertiary alicyclic amines) is 1. The molecule has 574 valence electrons. The van der Waals surface area contributed by atoms with Crippen LogP contribution in [-0.2, 0) is 29.2 Å². The van der Waals surface area contributed by atoms with Gasteiger partial charge in [-0.3, -0.25) is 43.9 Å². The molecule has 7 aromatic rings. The zero-order valence-electron chi connectivity index (χ0n) is 62.4. The number of aromatic nitrogens is 3. The molecule has 1 saturated carbocycles. The number of piperazine rings is 2. The number of nitro benzene ring substituents is 1. The van der Waals surface area contributed by atoms with Crippen LogP contribution >= 0.6 is 22.9 Å². The number of anilines is 4. The molecule has 3 aromatic heterocycles. The number of carbonyl (C=O) groups is 5. The number of fused-ring (bicyclic) bond motifs is 2. The minimum Gasteiger partial charge on any atom is -0.476 e. The van der Waals surface area contributed by atoms with Gasteiger partial charge < -0.3 is 50.4 Å². The zero-order valence-corrected chi connectivity index (χ0v) is 64.8. The Bertz CT molecular complexity index is 4620. The first kappa shape index (κ1) is 77.2. The molecule has 25 nitrogen and oxygen atoms in total. The van der Waals surface area contributed by atoms with Crippen molar-refractivity contribution in [3.63, 3.8) is 0 Å².